The first-order valence-corrected chi connectivity index (χ1v) is 10.7. The van der Waals surface area contributed by atoms with Gasteiger partial charge in [0.05, 0.1) is 37.4 Å². The summed E-state index contributed by atoms with van der Waals surface area (Å²) in [7, 11) is -0.697. The molecule has 0 spiro atoms. The lowest BCUT2D eigenvalue weighted by Crippen LogP contribution is -2.36. The first kappa shape index (κ1) is 21.6. The second-order valence-electron chi connectivity index (χ2n) is 6.56. The smallest absolute Gasteiger partial charge is 0.243 e. The van der Waals surface area contributed by atoms with Gasteiger partial charge in [0, 0.05) is 31.3 Å². The monoisotopic (exact) mass is 429 g/mol. The van der Waals surface area contributed by atoms with Crippen molar-refractivity contribution in [2.45, 2.75) is 17.9 Å². The maximum absolute atomic E-state index is 12.9. The molecule has 1 aliphatic heterocycles. The Morgan fingerprint density at radius 2 is 1.93 bits per heavy atom. The van der Waals surface area contributed by atoms with E-state index < -0.39 is 10.0 Å². The highest BCUT2D eigenvalue weighted by Gasteiger charge is 2.27. The average molecular weight is 429 g/mol. The number of sulfonamides is 1. The van der Waals surface area contributed by atoms with Crippen LogP contribution in [0.2, 0.25) is 0 Å². The fourth-order valence-corrected chi connectivity index (χ4v) is 4.43. The third-order valence-corrected chi connectivity index (χ3v) is 6.52. The Bertz CT molecular complexity index is 1080. The van der Waals surface area contributed by atoms with Crippen LogP contribution in [-0.2, 0) is 21.5 Å². The molecule has 1 N–H and O–H groups in total. The quantitative estimate of drug-likeness (QED) is 0.644. The lowest BCUT2D eigenvalue weighted by Gasteiger charge is -2.26. The van der Waals surface area contributed by atoms with E-state index in [1.165, 1.54) is 30.7 Å². The number of hydrogen-bond donors (Lipinski definition) is 1. The molecule has 0 atom stereocenters. The Morgan fingerprint density at radius 1 is 1.13 bits per heavy atom. The summed E-state index contributed by atoms with van der Waals surface area (Å²) >= 11 is 0. The minimum Gasteiger partial charge on any atom is -0.493 e. The van der Waals surface area contributed by atoms with Crippen LogP contribution in [0.5, 0.6) is 11.5 Å². The van der Waals surface area contributed by atoms with Crippen molar-refractivity contribution in [2.24, 2.45) is 0 Å². The van der Waals surface area contributed by atoms with Gasteiger partial charge in [-0.25, -0.2) is 8.42 Å². The van der Waals surface area contributed by atoms with Gasteiger partial charge in [-0.1, -0.05) is 12.1 Å². The van der Waals surface area contributed by atoms with Crippen LogP contribution in [-0.4, -0.2) is 40.0 Å². The van der Waals surface area contributed by atoms with Gasteiger partial charge in [0.1, 0.15) is 0 Å². The molecule has 30 heavy (non-hydrogen) atoms. The normalized spacial score (nSPS) is 14.5. The molecule has 8 nitrogen and oxygen atoms in total. The van der Waals surface area contributed by atoms with Crippen molar-refractivity contribution >= 4 is 10.0 Å². The van der Waals surface area contributed by atoms with Crippen molar-refractivity contribution in [1.29, 1.82) is 5.26 Å². The van der Waals surface area contributed by atoms with Crippen LogP contribution in [0.15, 0.2) is 59.1 Å². The molecular weight excluding hydrogens is 406 g/mol. The molecule has 0 saturated heterocycles. The number of nitriles is 1. The fourth-order valence-electron chi connectivity index (χ4n) is 3.03. The molecule has 0 fully saturated rings. The minimum absolute atomic E-state index is 0.151. The average Bonchev–Trinajstić information content (AvgIpc) is 2.79. The zero-order valence-corrected chi connectivity index (χ0v) is 17.6. The van der Waals surface area contributed by atoms with Crippen molar-refractivity contribution in [3.05, 3.63) is 65.4 Å². The number of hydrogen-bond acceptors (Lipinski definition) is 7. The molecule has 1 heterocycles. The van der Waals surface area contributed by atoms with Crippen LogP contribution in [0, 0.1) is 11.3 Å². The molecule has 3 rings (SSSR count). The number of hydroxylamine groups is 1. The van der Waals surface area contributed by atoms with E-state index in [0.29, 0.717) is 36.6 Å². The summed E-state index contributed by atoms with van der Waals surface area (Å²) in [4.78, 5) is 5.65. The second kappa shape index (κ2) is 9.63. The van der Waals surface area contributed by atoms with Crippen molar-refractivity contribution in [1.82, 2.24) is 9.79 Å². The molecule has 0 amide bonds. The van der Waals surface area contributed by atoms with E-state index in [1.54, 1.807) is 30.3 Å². The van der Waals surface area contributed by atoms with E-state index in [9.17, 15) is 8.42 Å². The SMILES string of the molecule is COc1ccc(S(=O)(=O)N2CC=C(NOCc3cccc(C#N)c3)CC2)cc1OC. The Balaban J connectivity index is 1.60. The maximum atomic E-state index is 12.9. The Hall–Kier alpha value is -3.06. The van der Waals surface area contributed by atoms with Gasteiger partial charge >= 0.3 is 0 Å². The van der Waals surface area contributed by atoms with Crippen molar-refractivity contribution in [3.8, 4) is 17.6 Å². The third-order valence-electron chi connectivity index (χ3n) is 4.66. The summed E-state index contributed by atoms with van der Waals surface area (Å²) in [6, 6.07) is 13.8. The Morgan fingerprint density at radius 3 is 2.60 bits per heavy atom. The van der Waals surface area contributed by atoms with Gasteiger partial charge in [0.15, 0.2) is 11.5 Å². The number of rotatable bonds is 8. The van der Waals surface area contributed by atoms with Crippen LogP contribution in [0.3, 0.4) is 0 Å². The van der Waals surface area contributed by atoms with E-state index in [4.69, 9.17) is 19.6 Å². The van der Waals surface area contributed by atoms with E-state index >= 15 is 0 Å². The summed E-state index contributed by atoms with van der Waals surface area (Å²) in [6.45, 7) is 0.843. The number of methoxy groups -OCH3 is 2. The standard InChI is InChI=1S/C21H23N3O5S/c1-27-20-7-6-19(13-21(20)28-2)30(25,26)24-10-8-18(9-11-24)23-29-15-17-5-3-4-16(12-17)14-22/h3-8,12-13,23H,9-11,15H2,1-2H3. The minimum atomic E-state index is -3.66. The maximum Gasteiger partial charge on any atom is 0.243 e. The van der Waals surface area contributed by atoms with Gasteiger partial charge in [-0.15, -0.1) is 0 Å². The highest BCUT2D eigenvalue weighted by atomic mass is 32.2. The van der Waals surface area contributed by atoms with Crippen molar-refractivity contribution in [2.75, 3.05) is 27.3 Å². The second-order valence-corrected chi connectivity index (χ2v) is 8.50. The summed E-state index contributed by atoms with van der Waals surface area (Å²) < 4.78 is 37.7. The summed E-state index contributed by atoms with van der Waals surface area (Å²) in [5.41, 5.74) is 5.13. The zero-order chi connectivity index (χ0) is 21.6. The molecule has 2 aromatic carbocycles. The summed E-state index contributed by atoms with van der Waals surface area (Å²) in [5.74, 6) is 0.835. The molecule has 2 aromatic rings. The molecule has 0 bridgehead atoms. The first-order valence-electron chi connectivity index (χ1n) is 9.26. The summed E-state index contributed by atoms with van der Waals surface area (Å²) in [5, 5.41) is 8.94. The summed E-state index contributed by atoms with van der Waals surface area (Å²) in [6.07, 6.45) is 2.28. The topological polar surface area (TPSA) is 101 Å². The molecule has 9 heteroatoms. The number of ether oxygens (including phenoxy) is 2. The van der Waals surface area contributed by atoms with E-state index in [0.717, 1.165) is 11.3 Å². The molecule has 0 radical (unpaired) electrons. The van der Waals surface area contributed by atoms with E-state index in [2.05, 4.69) is 11.5 Å². The van der Waals surface area contributed by atoms with Crippen molar-refractivity contribution < 1.29 is 22.7 Å². The van der Waals surface area contributed by atoms with Gasteiger partial charge in [-0.3, -0.25) is 10.3 Å². The molecule has 158 valence electrons. The number of nitrogens with zero attached hydrogens (tertiary/aromatic N) is 2. The largest absolute Gasteiger partial charge is 0.493 e. The zero-order valence-electron chi connectivity index (χ0n) is 16.8. The predicted octanol–water partition coefficient (Wildman–Crippen LogP) is 2.58. The predicted molar refractivity (Wildman–Crippen MR) is 110 cm³/mol. The van der Waals surface area contributed by atoms with Crippen LogP contribution in [0.4, 0.5) is 0 Å². The highest BCUT2D eigenvalue weighted by Crippen LogP contribution is 2.31. The Labute approximate surface area is 176 Å². The number of nitrogens with one attached hydrogen (secondary N) is 1. The van der Waals surface area contributed by atoms with Crippen LogP contribution in [0.1, 0.15) is 17.5 Å². The molecular formula is C21H23N3O5S. The first-order chi connectivity index (χ1) is 14.5. The Kier molecular flexibility index (Phi) is 6.95. The fraction of sp³-hybridized carbons (Fsp3) is 0.286. The molecule has 1 aliphatic rings. The van der Waals surface area contributed by atoms with Crippen molar-refractivity contribution in [3.63, 3.8) is 0 Å². The third kappa shape index (κ3) is 4.91. The molecule has 0 saturated carbocycles. The molecule has 0 aliphatic carbocycles. The van der Waals surface area contributed by atoms with Gasteiger partial charge < -0.3 is 9.47 Å². The van der Waals surface area contributed by atoms with Gasteiger partial charge in [0.2, 0.25) is 10.0 Å². The number of benzene rings is 2. The van der Waals surface area contributed by atoms with E-state index in [1.807, 2.05) is 6.07 Å². The lowest BCUT2D eigenvalue weighted by atomic mass is 10.1. The van der Waals surface area contributed by atoms with Gasteiger partial charge in [0.25, 0.3) is 0 Å². The molecule has 0 unspecified atom stereocenters. The van der Waals surface area contributed by atoms with Gasteiger partial charge in [-0.2, -0.15) is 9.57 Å². The highest BCUT2D eigenvalue weighted by molar-refractivity contribution is 7.89. The van der Waals surface area contributed by atoms with Gasteiger partial charge in [-0.05, 0) is 35.9 Å². The van der Waals surface area contributed by atoms with E-state index in [-0.39, 0.29) is 11.4 Å². The molecule has 0 aromatic heterocycles. The lowest BCUT2D eigenvalue weighted by molar-refractivity contribution is 0.0453. The van der Waals surface area contributed by atoms with Crippen LogP contribution >= 0.6 is 0 Å². The van der Waals surface area contributed by atoms with Crippen LogP contribution < -0.4 is 15.0 Å². The van der Waals surface area contributed by atoms with Crippen LogP contribution in [0.25, 0.3) is 0 Å².